The Morgan fingerprint density at radius 3 is 2.00 bits per heavy atom. The summed E-state index contributed by atoms with van der Waals surface area (Å²) in [6.07, 6.45) is 7.42. The molecule has 2 aromatic carbocycles. The van der Waals surface area contributed by atoms with Crippen LogP contribution in [0.15, 0.2) is 59.0 Å². The van der Waals surface area contributed by atoms with Gasteiger partial charge in [-0.05, 0) is 95.5 Å². The first-order valence-corrected chi connectivity index (χ1v) is 32.7. The predicted octanol–water partition coefficient (Wildman–Crippen LogP) is 10.4. The van der Waals surface area contributed by atoms with Gasteiger partial charge in [0.05, 0.1) is 67.8 Å². The number of hydrogen-bond donors (Lipinski definition) is 3. The van der Waals surface area contributed by atoms with Crippen molar-refractivity contribution in [1.82, 2.24) is 40.6 Å². The summed E-state index contributed by atoms with van der Waals surface area (Å²) < 4.78 is 30.4. The van der Waals surface area contributed by atoms with Crippen molar-refractivity contribution in [3.05, 3.63) is 104 Å². The lowest BCUT2D eigenvalue weighted by Gasteiger charge is -2.35. The standard InChI is InChI=1S/C65H88ClN9O11S2/c1-41-43(3)88-63-56(41)57(46-25-27-48(66)28-26-46)70-50(60-73-72-44(4)75(60)63)36-52(76)67-29-30-82-31-32-83-33-34-84-39-53(77)71-59(64(5,6)7)62(81)74-38-49(85-54(78)19-17-15-13-11-12-14-16-18-20-55(79)86-65(8,9)10)35-51(74)61(80)68-37-45-21-23-47(24-22-45)58-42(2)69-40-87-58/h21-28,40,49-51,59H,11-20,29-39H2,1-10H3,(H,67,76)(H,68,80)(H,71,77)/t49-,50+,51+,59-/m1/s1. The van der Waals surface area contributed by atoms with Crippen LogP contribution in [0, 0.1) is 33.1 Å². The molecule has 88 heavy (non-hydrogen) atoms. The molecule has 0 bridgehead atoms. The average Bonchev–Trinajstić information content (AvgIpc) is 1.67. The number of esters is 2. The number of aromatic nitrogens is 4. The number of amides is 4. The molecule has 0 unspecified atom stereocenters. The number of fused-ring (bicyclic) bond motifs is 3. The highest BCUT2D eigenvalue weighted by Crippen LogP contribution is 2.40. The molecule has 478 valence electrons. The van der Waals surface area contributed by atoms with Crippen LogP contribution in [-0.2, 0) is 59.0 Å². The number of nitrogens with one attached hydrogen (secondary N) is 3. The zero-order chi connectivity index (χ0) is 63.5. The molecule has 20 nitrogen and oxygen atoms in total. The van der Waals surface area contributed by atoms with Crippen molar-refractivity contribution in [1.29, 1.82) is 0 Å². The number of thiophene rings is 1. The van der Waals surface area contributed by atoms with Crippen LogP contribution in [0.3, 0.4) is 0 Å². The molecule has 2 aliphatic heterocycles. The van der Waals surface area contributed by atoms with Crippen molar-refractivity contribution in [2.24, 2.45) is 10.4 Å². The van der Waals surface area contributed by atoms with E-state index in [2.05, 4.69) is 45.0 Å². The molecule has 3 N–H and O–H groups in total. The molecule has 2 aliphatic rings. The van der Waals surface area contributed by atoms with Gasteiger partial charge in [-0.1, -0.05) is 107 Å². The molecule has 7 rings (SSSR count). The summed E-state index contributed by atoms with van der Waals surface area (Å²) in [5.41, 5.74) is 7.13. The van der Waals surface area contributed by atoms with E-state index in [-0.39, 0.29) is 96.4 Å². The van der Waals surface area contributed by atoms with Crippen LogP contribution in [0.1, 0.15) is 169 Å². The zero-order valence-electron chi connectivity index (χ0n) is 52.7. The van der Waals surface area contributed by atoms with Crippen molar-refractivity contribution in [2.75, 3.05) is 52.7 Å². The van der Waals surface area contributed by atoms with Gasteiger partial charge >= 0.3 is 11.9 Å². The Balaban J connectivity index is 0.826. The van der Waals surface area contributed by atoms with E-state index < -0.39 is 53.0 Å². The average molecular weight is 1270 g/mol. The van der Waals surface area contributed by atoms with E-state index >= 15 is 0 Å². The Bertz CT molecular complexity index is 3180. The fourth-order valence-corrected chi connectivity index (χ4v) is 12.7. The van der Waals surface area contributed by atoms with Gasteiger partial charge in [0, 0.05) is 53.4 Å². The maximum atomic E-state index is 14.6. The topological polar surface area (TPSA) is 244 Å². The molecule has 4 amide bonds. The van der Waals surface area contributed by atoms with Gasteiger partial charge in [-0.2, -0.15) is 0 Å². The smallest absolute Gasteiger partial charge is 0.306 e. The third-order valence-electron chi connectivity index (χ3n) is 15.2. The SMILES string of the molecule is Cc1ncsc1-c1ccc(CNC(=O)[C@@H]2C[C@@H](OC(=O)CCCCCCCCCCC(=O)OC(C)(C)C)CN2C(=O)[C@@H](NC(=O)COCCOCCOCCNC(=O)C[C@@H]2N=C(c3ccc(Cl)cc3)c3c(sc(C)c3C)-n3c(C)nnc32)C(C)(C)C)cc1. The number of aliphatic imine (C=N–C) groups is 1. The van der Waals surface area contributed by atoms with Crippen molar-refractivity contribution in [2.45, 2.75) is 183 Å². The highest BCUT2D eigenvalue weighted by Gasteiger charge is 2.46. The molecule has 0 aliphatic carbocycles. The molecule has 4 atom stereocenters. The minimum Gasteiger partial charge on any atom is -0.460 e. The Hall–Kier alpha value is -6.43. The monoisotopic (exact) mass is 1270 g/mol. The van der Waals surface area contributed by atoms with Crippen molar-refractivity contribution in [3.63, 3.8) is 0 Å². The summed E-state index contributed by atoms with van der Waals surface area (Å²) in [7, 11) is 0. The highest BCUT2D eigenvalue weighted by molar-refractivity contribution is 7.15. The largest absolute Gasteiger partial charge is 0.460 e. The number of nitrogens with zero attached hydrogens (tertiary/aromatic N) is 6. The number of thiazole rings is 1. The van der Waals surface area contributed by atoms with E-state index in [0.29, 0.717) is 29.5 Å². The van der Waals surface area contributed by atoms with Crippen molar-refractivity contribution >= 4 is 75.6 Å². The molecular formula is C65H88ClN9O11S2. The number of ether oxygens (including phenoxy) is 5. The second-order valence-corrected chi connectivity index (χ2v) is 27.0. The number of hydrogen-bond acceptors (Lipinski definition) is 17. The minimum absolute atomic E-state index is 0.0146. The van der Waals surface area contributed by atoms with Crippen LogP contribution in [0.25, 0.3) is 15.4 Å². The maximum Gasteiger partial charge on any atom is 0.306 e. The molecule has 1 fully saturated rings. The number of benzene rings is 2. The number of carbonyl (C=O) groups is 6. The third kappa shape index (κ3) is 20.3. The van der Waals surface area contributed by atoms with E-state index in [1.54, 1.807) is 22.7 Å². The molecule has 0 saturated carbocycles. The number of likely N-dealkylation sites (tertiary alicyclic amines) is 1. The van der Waals surface area contributed by atoms with E-state index in [4.69, 9.17) is 40.3 Å². The fourth-order valence-electron chi connectivity index (χ4n) is 10.5. The first-order chi connectivity index (χ1) is 42.0. The molecule has 1 saturated heterocycles. The first-order valence-electron chi connectivity index (χ1n) is 30.6. The molecule has 3 aromatic heterocycles. The van der Waals surface area contributed by atoms with Crippen LogP contribution < -0.4 is 16.0 Å². The highest BCUT2D eigenvalue weighted by atomic mass is 35.5. The Morgan fingerprint density at radius 1 is 0.739 bits per heavy atom. The van der Waals surface area contributed by atoms with Crippen LogP contribution in [0.5, 0.6) is 0 Å². The van der Waals surface area contributed by atoms with Gasteiger partial charge in [-0.25, -0.2) is 4.98 Å². The van der Waals surface area contributed by atoms with Gasteiger partial charge in [-0.3, -0.25) is 38.3 Å². The number of rotatable bonds is 32. The molecular weight excluding hydrogens is 1180 g/mol. The molecule has 0 spiro atoms. The normalized spacial score (nSPS) is 16.1. The summed E-state index contributed by atoms with van der Waals surface area (Å²) in [5, 5.41) is 19.3. The van der Waals surface area contributed by atoms with Gasteiger partial charge in [0.1, 0.15) is 47.3 Å². The number of carbonyl (C=O) groups excluding carboxylic acids is 6. The van der Waals surface area contributed by atoms with Gasteiger partial charge < -0.3 is 44.5 Å². The van der Waals surface area contributed by atoms with Crippen LogP contribution in [0.4, 0.5) is 0 Å². The third-order valence-corrected chi connectivity index (χ3v) is 17.6. The Morgan fingerprint density at radius 2 is 1.36 bits per heavy atom. The van der Waals surface area contributed by atoms with Gasteiger partial charge in [0.15, 0.2) is 5.82 Å². The predicted molar refractivity (Wildman–Crippen MR) is 341 cm³/mol. The number of aryl methyl sites for hydroxylation is 3. The van der Waals surface area contributed by atoms with Gasteiger partial charge in [-0.15, -0.1) is 32.9 Å². The lowest BCUT2D eigenvalue weighted by atomic mass is 9.85. The van der Waals surface area contributed by atoms with Gasteiger partial charge in [0.2, 0.25) is 23.6 Å². The fraction of sp³-hybridized carbons (Fsp3) is 0.569. The minimum atomic E-state index is -1.05. The quantitative estimate of drug-likeness (QED) is 0.0268. The van der Waals surface area contributed by atoms with Crippen LogP contribution >= 0.6 is 34.3 Å². The molecule has 5 heterocycles. The summed E-state index contributed by atoms with van der Waals surface area (Å²) >= 11 is 9.46. The second-order valence-electron chi connectivity index (χ2n) is 24.6. The van der Waals surface area contributed by atoms with Gasteiger partial charge in [0.25, 0.3) is 0 Å². The number of halogens is 1. The molecule has 5 aromatic rings. The van der Waals surface area contributed by atoms with E-state index in [9.17, 15) is 28.8 Å². The summed E-state index contributed by atoms with van der Waals surface area (Å²) in [6.45, 7) is 20.2. The molecule has 0 radical (unpaired) electrons. The van der Waals surface area contributed by atoms with E-state index in [1.807, 2.05) is 114 Å². The maximum absolute atomic E-state index is 14.6. The number of unbranched alkanes of at least 4 members (excludes halogenated alkanes) is 7. The molecule has 23 heteroatoms. The first kappa shape index (κ1) is 69.1. The van der Waals surface area contributed by atoms with Crippen molar-refractivity contribution < 1.29 is 52.5 Å². The summed E-state index contributed by atoms with van der Waals surface area (Å²) in [4.78, 5) is 94.0. The lowest BCUT2D eigenvalue weighted by Crippen LogP contribution is -2.58. The zero-order valence-corrected chi connectivity index (χ0v) is 55.1. The van der Waals surface area contributed by atoms with E-state index in [1.165, 1.54) is 4.90 Å². The van der Waals surface area contributed by atoms with Crippen molar-refractivity contribution in [3.8, 4) is 15.4 Å². The Labute approximate surface area is 530 Å². The van der Waals surface area contributed by atoms with Crippen LogP contribution in [-0.4, -0.2) is 142 Å². The summed E-state index contributed by atoms with van der Waals surface area (Å²) in [6, 6.07) is 12.8. The second kappa shape index (κ2) is 32.9. The summed E-state index contributed by atoms with van der Waals surface area (Å²) in [5.74, 6) is -0.862. The van der Waals surface area contributed by atoms with Crippen LogP contribution in [0.2, 0.25) is 5.02 Å². The van der Waals surface area contributed by atoms with E-state index in [0.717, 1.165) is 98.9 Å². The lowest BCUT2D eigenvalue weighted by molar-refractivity contribution is -0.155. The Kier molecular flexibility index (Phi) is 25.8.